The van der Waals surface area contributed by atoms with Crippen LogP contribution in [-0.2, 0) is 11.2 Å². The summed E-state index contributed by atoms with van der Waals surface area (Å²) in [6.45, 7) is 6.22. The maximum Gasteiger partial charge on any atom is 0.139 e. The Kier molecular flexibility index (Phi) is 4.05. The maximum atomic E-state index is 12.3. The smallest absolute Gasteiger partial charge is 0.139 e. The molecule has 22 heavy (non-hydrogen) atoms. The van der Waals surface area contributed by atoms with Gasteiger partial charge in [0.05, 0.1) is 0 Å². The Bertz CT molecular complexity index is 577. The van der Waals surface area contributed by atoms with Crippen LogP contribution in [0.5, 0.6) is 5.75 Å². The summed E-state index contributed by atoms with van der Waals surface area (Å²) >= 11 is 0. The number of benzene rings is 1. The average molecular weight is 300 g/mol. The van der Waals surface area contributed by atoms with E-state index in [1.54, 1.807) is 0 Å². The number of fused-ring (bicyclic) bond motifs is 5. The first-order valence-electron chi connectivity index (χ1n) is 8.95. The molecule has 0 radical (unpaired) electrons. The topological polar surface area (TPSA) is 37.3 Å². The number of ketones is 1. The van der Waals surface area contributed by atoms with Crippen molar-refractivity contribution in [1.82, 2.24) is 0 Å². The van der Waals surface area contributed by atoms with E-state index >= 15 is 0 Å². The SMILES string of the molecule is CC.CC12CCC3c4ccc(O)cc4CCC3C1CCC2=O. The molecule has 120 valence electrons. The molecule has 0 heterocycles. The molecule has 2 heteroatoms. The van der Waals surface area contributed by atoms with Crippen LogP contribution in [-0.4, -0.2) is 10.9 Å². The van der Waals surface area contributed by atoms with Gasteiger partial charge in [-0.1, -0.05) is 26.8 Å². The summed E-state index contributed by atoms with van der Waals surface area (Å²) in [7, 11) is 0. The molecule has 4 unspecified atom stereocenters. The van der Waals surface area contributed by atoms with Crippen molar-refractivity contribution >= 4 is 5.78 Å². The van der Waals surface area contributed by atoms with Gasteiger partial charge in [-0.15, -0.1) is 0 Å². The highest BCUT2D eigenvalue weighted by Gasteiger charge is 2.54. The zero-order valence-electron chi connectivity index (χ0n) is 14.1. The van der Waals surface area contributed by atoms with Gasteiger partial charge < -0.3 is 5.11 Å². The van der Waals surface area contributed by atoms with E-state index in [-0.39, 0.29) is 5.41 Å². The third kappa shape index (κ3) is 2.19. The van der Waals surface area contributed by atoms with E-state index in [0.29, 0.717) is 29.3 Å². The van der Waals surface area contributed by atoms with Gasteiger partial charge in [-0.05, 0) is 73.1 Å². The molecule has 3 aliphatic carbocycles. The summed E-state index contributed by atoms with van der Waals surface area (Å²) in [4.78, 5) is 12.3. The molecule has 0 aromatic heterocycles. The van der Waals surface area contributed by atoms with Crippen LogP contribution in [0.3, 0.4) is 0 Å². The predicted molar refractivity (Wildman–Crippen MR) is 89.1 cm³/mol. The number of hydrogen-bond acceptors (Lipinski definition) is 2. The summed E-state index contributed by atoms with van der Waals surface area (Å²) in [5.74, 6) is 2.78. The lowest BCUT2D eigenvalue weighted by Gasteiger charge is -2.48. The third-order valence-corrected chi connectivity index (χ3v) is 6.42. The van der Waals surface area contributed by atoms with E-state index in [9.17, 15) is 9.90 Å². The van der Waals surface area contributed by atoms with Crippen molar-refractivity contribution in [2.45, 2.75) is 65.2 Å². The average Bonchev–Trinajstić information content (AvgIpc) is 2.84. The standard InChI is InChI=1S/C18H22O2.C2H6/c1-18-9-8-14-13-5-3-12(19)10-11(13)2-4-15(14)16(18)6-7-17(18)20;1-2/h3,5,10,14-16,19H,2,4,6-9H2,1H3;1-2H3. The number of carbonyl (C=O) groups excluding carboxylic acids is 1. The molecule has 0 saturated heterocycles. The van der Waals surface area contributed by atoms with Gasteiger partial charge in [-0.25, -0.2) is 0 Å². The largest absolute Gasteiger partial charge is 0.508 e. The molecule has 0 aliphatic heterocycles. The van der Waals surface area contributed by atoms with E-state index in [1.807, 2.05) is 26.0 Å². The van der Waals surface area contributed by atoms with Crippen molar-refractivity contribution in [3.05, 3.63) is 29.3 Å². The Labute approximate surface area is 133 Å². The molecule has 0 amide bonds. The lowest BCUT2D eigenvalue weighted by Crippen LogP contribution is -2.42. The molecule has 4 rings (SSSR count). The summed E-state index contributed by atoms with van der Waals surface area (Å²) in [5, 5.41) is 9.67. The van der Waals surface area contributed by atoms with Crippen LogP contribution >= 0.6 is 0 Å². The van der Waals surface area contributed by atoms with Crippen molar-refractivity contribution in [1.29, 1.82) is 0 Å². The van der Waals surface area contributed by atoms with Crippen LogP contribution in [0.4, 0.5) is 0 Å². The van der Waals surface area contributed by atoms with Gasteiger partial charge >= 0.3 is 0 Å². The van der Waals surface area contributed by atoms with Gasteiger partial charge in [0, 0.05) is 11.8 Å². The fourth-order valence-electron chi connectivity index (χ4n) is 5.34. The minimum atomic E-state index is -0.0322. The molecule has 1 aromatic rings. The Morgan fingerprint density at radius 1 is 1.14 bits per heavy atom. The first-order chi connectivity index (χ1) is 10.6. The summed E-state index contributed by atoms with van der Waals surface area (Å²) < 4.78 is 0. The number of phenolic OH excluding ortho intramolecular Hbond substituents is 1. The third-order valence-electron chi connectivity index (χ3n) is 6.42. The van der Waals surface area contributed by atoms with Gasteiger partial charge in [0.15, 0.2) is 0 Å². The van der Waals surface area contributed by atoms with E-state index in [1.165, 1.54) is 17.5 Å². The highest BCUT2D eigenvalue weighted by molar-refractivity contribution is 5.87. The second-order valence-corrected chi connectivity index (χ2v) is 7.22. The van der Waals surface area contributed by atoms with Crippen LogP contribution in [0, 0.1) is 17.3 Å². The minimum absolute atomic E-state index is 0.0322. The van der Waals surface area contributed by atoms with E-state index in [2.05, 4.69) is 13.0 Å². The molecule has 2 fully saturated rings. The van der Waals surface area contributed by atoms with Crippen LogP contribution in [0.1, 0.15) is 69.9 Å². The summed E-state index contributed by atoms with van der Waals surface area (Å²) in [5.41, 5.74) is 2.75. The van der Waals surface area contributed by atoms with Crippen LogP contribution in [0.2, 0.25) is 0 Å². The van der Waals surface area contributed by atoms with Crippen molar-refractivity contribution in [2.75, 3.05) is 0 Å². The predicted octanol–water partition coefficient (Wildman–Crippen LogP) is 4.84. The number of phenols is 1. The Morgan fingerprint density at radius 2 is 1.91 bits per heavy atom. The maximum absolute atomic E-state index is 12.3. The number of aromatic hydroxyl groups is 1. The quantitative estimate of drug-likeness (QED) is 0.744. The fourth-order valence-corrected chi connectivity index (χ4v) is 5.34. The van der Waals surface area contributed by atoms with Crippen LogP contribution < -0.4 is 0 Å². The van der Waals surface area contributed by atoms with Crippen molar-refractivity contribution < 1.29 is 9.90 Å². The highest BCUT2D eigenvalue weighted by atomic mass is 16.3. The molecular formula is C20H28O2. The van der Waals surface area contributed by atoms with Crippen molar-refractivity contribution in [3.8, 4) is 5.75 Å². The molecule has 4 atom stereocenters. The normalized spacial score (nSPS) is 35.8. The fraction of sp³-hybridized carbons (Fsp3) is 0.650. The Morgan fingerprint density at radius 3 is 2.68 bits per heavy atom. The summed E-state index contributed by atoms with van der Waals surface area (Å²) in [6, 6.07) is 5.90. The number of carbonyl (C=O) groups is 1. The summed E-state index contributed by atoms with van der Waals surface area (Å²) in [6.07, 6.45) is 6.34. The molecular weight excluding hydrogens is 272 g/mol. The zero-order valence-corrected chi connectivity index (χ0v) is 14.1. The molecule has 0 spiro atoms. The Hall–Kier alpha value is -1.31. The zero-order chi connectivity index (χ0) is 15.9. The van der Waals surface area contributed by atoms with Crippen molar-refractivity contribution in [3.63, 3.8) is 0 Å². The van der Waals surface area contributed by atoms with Gasteiger partial charge in [0.25, 0.3) is 0 Å². The molecule has 2 nitrogen and oxygen atoms in total. The van der Waals surface area contributed by atoms with Crippen molar-refractivity contribution in [2.24, 2.45) is 17.3 Å². The van der Waals surface area contributed by atoms with Gasteiger partial charge in [0.2, 0.25) is 0 Å². The number of Topliss-reactive ketones (excluding diaryl/α,β-unsaturated/α-hetero) is 1. The minimum Gasteiger partial charge on any atom is -0.508 e. The van der Waals surface area contributed by atoms with E-state index in [4.69, 9.17) is 0 Å². The first-order valence-corrected chi connectivity index (χ1v) is 8.95. The highest BCUT2D eigenvalue weighted by Crippen LogP contribution is 2.59. The molecule has 0 bridgehead atoms. The molecule has 1 aromatic carbocycles. The van der Waals surface area contributed by atoms with E-state index in [0.717, 1.165) is 32.1 Å². The lowest BCUT2D eigenvalue weighted by molar-refractivity contribution is -0.129. The molecule has 2 saturated carbocycles. The van der Waals surface area contributed by atoms with Crippen LogP contribution in [0.25, 0.3) is 0 Å². The van der Waals surface area contributed by atoms with Gasteiger partial charge in [0.1, 0.15) is 11.5 Å². The molecule has 1 N–H and O–H groups in total. The second kappa shape index (κ2) is 5.72. The monoisotopic (exact) mass is 300 g/mol. The number of hydrogen-bond donors (Lipinski definition) is 1. The van der Waals surface area contributed by atoms with Crippen LogP contribution in [0.15, 0.2) is 18.2 Å². The van der Waals surface area contributed by atoms with Gasteiger partial charge in [-0.3, -0.25) is 4.79 Å². The lowest BCUT2D eigenvalue weighted by atomic mass is 9.55. The van der Waals surface area contributed by atoms with E-state index < -0.39 is 0 Å². The van der Waals surface area contributed by atoms with Gasteiger partial charge in [-0.2, -0.15) is 0 Å². The second-order valence-electron chi connectivity index (χ2n) is 7.22. The molecule has 3 aliphatic rings. The Balaban J connectivity index is 0.000000693. The number of aryl methyl sites for hydroxylation is 1. The number of rotatable bonds is 0. The first kappa shape index (κ1) is 15.6.